The van der Waals surface area contributed by atoms with E-state index >= 15 is 0 Å². The Morgan fingerprint density at radius 1 is 1.44 bits per heavy atom. The van der Waals surface area contributed by atoms with E-state index in [1.54, 1.807) is 6.20 Å². The average molecular weight is 216 g/mol. The topological polar surface area (TPSA) is 42.7 Å². The lowest BCUT2D eigenvalue weighted by Gasteiger charge is -2.06. The fourth-order valence-corrected chi connectivity index (χ4v) is 1.47. The van der Waals surface area contributed by atoms with Crippen LogP contribution in [0.5, 0.6) is 0 Å². The molecule has 2 heterocycles. The Morgan fingerprint density at radius 3 is 3.00 bits per heavy atom. The van der Waals surface area contributed by atoms with Crippen LogP contribution in [0.15, 0.2) is 30.7 Å². The minimum Gasteiger partial charge on any atom is -0.370 e. The van der Waals surface area contributed by atoms with Crippen molar-refractivity contribution in [2.45, 2.75) is 20.3 Å². The second kappa shape index (κ2) is 4.79. The van der Waals surface area contributed by atoms with Gasteiger partial charge in [-0.05, 0) is 25.0 Å². The molecule has 2 aromatic heterocycles. The molecule has 0 spiro atoms. The van der Waals surface area contributed by atoms with Gasteiger partial charge in [0, 0.05) is 25.0 Å². The second-order valence-corrected chi connectivity index (χ2v) is 3.79. The first kappa shape index (κ1) is 10.7. The summed E-state index contributed by atoms with van der Waals surface area (Å²) in [4.78, 5) is 4.26. The van der Waals surface area contributed by atoms with Crippen LogP contribution in [-0.4, -0.2) is 21.3 Å². The number of pyridine rings is 1. The molecular formula is C12H16N4. The Bertz CT molecular complexity index is 462. The summed E-state index contributed by atoms with van der Waals surface area (Å²) in [5, 5.41) is 7.53. The van der Waals surface area contributed by atoms with Crippen LogP contribution in [0.25, 0.3) is 5.69 Å². The Balaban J connectivity index is 2.22. The lowest BCUT2D eigenvalue weighted by atomic mass is 10.3. The van der Waals surface area contributed by atoms with Gasteiger partial charge in [0.1, 0.15) is 5.82 Å². The molecule has 0 unspecified atom stereocenters. The predicted molar refractivity (Wildman–Crippen MR) is 64.9 cm³/mol. The number of rotatable bonds is 4. The largest absolute Gasteiger partial charge is 0.370 e. The Kier molecular flexibility index (Phi) is 3.19. The van der Waals surface area contributed by atoms with E-state index in [-0.39, 0.29) is 0 Å². The molecule has 16 heavy (non-hydrogen) atoms. The zero-order chi connectivity index (χ0) is 11.4. The van der Waals surface area contributed by atoms with Crippen molar-refractivity contribution >= 4 is 5.82 Å². The Hall–Kier alpha value is -1.84. The van der Waals surface area contributed by atoms with E-state index < -0.39 is 0 Å². The van der Waals surface area contributed by atoms with Crippen molar-refractivity contribution in [3.63, 3.8) is 0 Å². The summed E-state index contributed by atoms with van der Waals surface area (Å²) < 4.78 is 1.86. The van der Waals surface area contributed by atoms with E-state index in [0.717, 1.165) is 30.0 Å². The van der Waals surface area contributed by atoms with Crippen LogP contribution < -0.4 is 5.32 Å². The van der Waals surface area contributed by atoms with Gasteiger partial charge in [-0.3, -0.25) is 0 Å². The molecule has 0 aliphatic carbocycles. The van der Waals surface area contributed by atoms with Gasteiger partial charge in [0.05, 0.1) is 11.9 Å². The molecule has 0 bridgehead atoms. The van der Waals surface area contributed by atoms with Crippen LogP contribution in [0.3, 0.4) is 0 Å². The molecule has 1 N–H and O–H groups in total. The first-order chi connectivity index (χ1) is 7.79. The molecule has 84 valence electrons. The van der Waals surface area contributed by atoms with Gasteiger partial charge < -0.3 is 5.32 Å². The van der Waals surface area contributed by atoms with Crippen molar-refractivity contribution in [1.29, 1.82) is 0 Å². The third-order valence-corrected chi connectivity index (χ3v) is 2.28. The molecule has 0 aromatic carbocycles. The lowest BCUT2D eigenvalue weighted by molar-refractivity contribution is 0.876. The Morgan fingerprint density at radius 2 is 2.31 bits per heavy atom. The van der Waals surface area contributed by atoms with Gasteiger partial charge in [-0.15, -0.1) is 0 Å². The van der Waals surface area contributed by atoms with Gasteiger partial charge in [0.15, 0.2) is 0 Å². The number of aromatic nitrogens is 3. The molecule has 4 heteroatoms. The van der Waals surface area contributed by atoms with Crippen molar-refractivity contribution < 1.29 is 0 Å². The maximum absolute atomic E-state index is 4.27. The van der Waals surface area contributed by atoms with E-state index in [0.29, 0.717) is 0 Å². The second-order valence-electron chi connectivity index (χ2n) is 3.79. The molecule has 0 aliphatic heterocycles. The van der Waals surface area contributed by atoms with Gasteiger partial charge in [-0.2, -0.15) is 5.10 Å². The highest BCUT2D eigenvalue weighted by Gasteiger charge is 2.00. The normalized spacial score (nSPS) is 10.4. The van der Waals surface area contributed by atoms with Crippen LogP contribution in [-0.2, 0) is 0 Å². The van der Waals surface area contributed by atoms with Gasteiger partial charge in [-0.1, -0.05) is 6.92 Å². The summed E-state index contributed by atoms with van der Waals surface area (Å²) in [6, 6.07) is 3.95. The molecule has 0 amide bonds. The predicted octanol–water partition coefficient (Wildman–Crippen LogP) is 2.40. The number of nitrogens with zero attached hydrogens (tertiary/aromatic N) is 3. The maximum atomic E-state index is 4.27. The van der Waals surface area contributed by atoms with Crippen molar-refractivity contribution in [1.82, 2.24) is 14.8 Å². The van der Waals surface area contributed by atoms with E-state index in [1.807, 2.05) is 36.1 Å². The molecule has 0 saturated heterocycles. The highest BCUT2D eigenvalue weighted by molar-refractivity contribution is 5.44. The van der Waals surface area contributed by atoms with Crippen molar-refractivity contribution in [3.05, 3.63) is 36.3 Å². The van der Waals surface area contributed by atoms with Gasteiger partial charge in [0.25, 0.3) is 0 Å². The van der Waals surface area contributed by atoms with Gasteiger partial charge >= 0.3 is 0 Å². The summed E-state index contributed by atoms with van der Waals surface area (Å²) in [7, 11) is 0. The molecule has 0 saturated carbocycles. The smallest absolute Gasteiger partial charge is 0.128 e. The number of hydrogen-bond donors (Lipinski definition) is 1. The van der Waals surface area contributed by atoms with Crippen LogP contribution in [0.2, 0.25) is 0 Å². The minimum atomic E-state index is 0.896. The summed E-state index contributed by atoms with van der Waals surface area (Å²) in [6.45, 7) is 5.10. The van der Waals surface area contributed by atoms with Crippen molar-refractivity contribution in [2.75, 3.05) is 11.9 Å². The summed E-state index contributed by atoms with van der Waals surface area (Å²) in [6.07, 6.45) is 6.73. The van der Waals surface area contributed by atoms with E-state index in [4.69, 9.17) is 0 Å². The van der Waals surface area contributed by atoms with Crippen LogP contribution in [0.1, 0.15) is 18.9 Å². The third kappa shape index (κ3) is 2.39. The zero-order valence-electron chi connectivity index (χ0n) is 9.64. The molecular weight excluding hydrogens is 200 g/mol. The van der Waals surface area contributed by atoms with Crippen LogP contribution in [0.4, 0.5) is 5.82 Å². The van der Waals surface area contributed by atoms with E-state index in [1.165, 1.54) is 0 Å². The standard InChI is InChI=1S/C12H16N4/c1-3-5-13-12-7-11(4-6-14-12)16-9-10(2)8-15-16/h4,6-9H,3,5H2,1-2H3,(H,13,14). The first-order valence-electron chi connectivity index (χ1n) is 5.51. The van der Waals surface area contributed by atoms with Crippen LogP contribution in [0, 0.1) is 6.92 Å². The zero-order valence-corrected chi connectivity index (χ0v) is 9.64. The third-order valence-electron chi connectivity index (χ3n) is 2.28. The fraction of sp³-hybridized carbons (Fsp3) is 0.333. The highest BCUT2D eigenvalue weighted by Crippen LogP contribution is 2.11. The summed E-state index contributed by atoms with van der Waals surface area (Å²) in [5.41, 5.74) is 2.18. The van der Waals surface area contributed by atoms with Gasteiger partial charge in [-0.25, -0.2) is 9.67 Å². The number of nitrogens with one attached hydrogen (secondary N) is 1. The quantitative estimate of drug-likeness (QED) is 0.853. The number of hydrogen-bond acceptors (Lipinski definition) is 3. The molecule has 2 aromatic rings. The molecule has 0 atom stereocenters. The van der Waals surface area contributed by atoms with Crippen molar-refractivity contribution in [3.8, 4) is 5.69 Å². The number of aryl methyl sites for hydroxylation is 1. The molecule has 0 fully saturated rings. The maximum Gasteiger partial charge on any atom is 0.128 e. The summed E-state index contributed by atoms with van der Waals surface area (Å²) in [5.74, 6) is 0.896. The first-order valence-corrected chi connectivity index (χ1v) is 5.51. The van der Waals surface area contributed by atoms with Crippen molar-refractivity contribution in [2.24, 2.45) is 0 Å². The summed E-state index contributed by atoms with van der Waals surface area (Å²) >= 11 is 0. The van der Waals surface area contributed by atoms with E-state index in [2.05, 4.69) is 22.3 Å². The number of anilines is 1. The minimum absolute atomic E-state index is 0.896. The molecule has 4 nitrogen and oxygen atoms in total. The highest BCUT2D eigenvalue weighted by atomic mass is 15.3. The monoisotopic (exact) mass is 216 g/mol. The fourth-order valence-electron chi connectivity index (χ4n) is 1.47. The molecule has 2 rings (SSSR count). The Labute approximate surface area is 95.3 Å². The molecule has 0 aliphatic rings. The average Bonchev–Trinajstić information content (AvgIpc) is 2.74. The molecule has 0 radical (unpaired) electrons. The lowest BCUT2D eigenvalue weighted by Crippen LogP contribution is -2.03. The SMILES string of the molecule is CCCNc1cc(-n2cc(C)cn2)ccn1. The van der Waals surface area contributed by atoms with Gasteiger partial charge in [0.2, 0.25) is 0 Å². The van der Waals surface area contributed by atoms with Crippen LogP contribution >= 0.6 is 0 Å². The van der Waals surface area contributed by atoms with E-state index in [9.17, 15) is 0 Å².